The van der Waals surface area contributed by atoms with Gasteiger partial charge in [-0.3, -0.25) is 0 Å². The Hall–Kier alpha value is -2.04. The first-order chi connectivity index (χ1) is 11.6. The van der Waals surface area contributed by atoms with E-state index in [0.717, 1.165) is 46.9 Å². The van der Waals surface area contributed by atoms with Gasteiger partial charge in [0, 0.05) is 22.7 Å². The van der Waals surface area contributed by atoms with Crippen molar-refractivity contribution < 1.29 is 4.39 Å². The van der Waals surface area contributed by atoms with Crippen LogP contribution in [0.2, 0.25) is 10.0 Å². The third-order valence-corrected chi connectivity index (χ3v) is 5.03. The second kappa shape index (κ2) is 5.80. The summed E-state index contributed by atoms with van der Waals surface area (Å²) < 4.78 is 15.2. The molecule has 1 aromatic heterocycles. The van der Waals surface area contributed by atoms with Crippen LogP contribution in [0.3, 0.4) is 0 Å². The maximum atomic E-state index is 13.4. The van der Waals surface area contributed by atoms with Crippen LogP contribution in [0.15, 0.2) is 36.4 Å². The van der Waals surface area contributed by atoms with Crippen LogP contribution in [-0.2, 0) is 6.42 Å². The second-order valence-electron chi connectivity index (χ2n) is 5.77. The zero-order valence-electron chi connectivity index (χ0n) is 12.9. The predicted octanol–water partition coefficient (Wildman–Crippen LogP) is 5.26. The van der Waals surface area contributed by atoms with Crippen LogP contribution < -0.4 is 5.32 Å². The van der Waals surface area contributed by atoms with Gasteiger partial charge in [-0.2, -0.15) is 5.10 Å². The molecule has 0 saturated heterocycles. The van der Waals surface area contributed by atoms with Crippen LogP contribution >= 0.6 is 23.2 Å². The van der Waals surface area contributed by atoms with Gasteiger partial charge in [-0.15, -0.1) is 0 Å². The second-order valence-corrected chi connectivity index (χ2v) is 6.59. The topological polar surface area (TPSA) is 29.9 Å². The number of rotatable bonds is 2. The molecule has 1 N–H and O–H groups in total. The molecule has 0 spiro atoms. The first-order valence-electron chi connectivity index (χ1n) is 7.63. The molecule has 0 atom stereocenters. The van der Waals surface area contributed by atoms with Crippen molar-refractivity contribution in [1.29, 1.82) is 0 Å². The van der Waals surface area contributed by atoms with Crippen molar-refractivity contribution in [2.75, 3.05) is 11.9 Å². The summed E-state index contributed by atoms with van der Waals surface area (Å²) >= 11 is 12.5. The summed E-state index contributed by atoms with van der Waals surface area (Å²) in [5, 5.41) is 9.18. The van der Waals surface area contributed by atoms with Crippen LogP contribution in [0.5, 0.6) is 0 Å². The molecule has 3 aromatic rings. The lowest BCUT2D eigenvalue weighted by Gasteiger charge is -2.10. The van der Waals surface area contributed by atoms with Gasteiger partial charge in [0.2, 0.25) is 0 Å². The molecule has 0 unspecified atom stereocenters. The number of nitrogens with zero attached hydrogens (tertiary/aromatic N) is 2. The van der Waals surface area contributed by atoms with E-state index in [2.05, 4.69) is 5.32 Å². The van der Waals surface area contributed by atoms with Crippen LogP contribution in [0, 0.1) is 12.7 Å². The third kappa shape index (κ3) is 2.38. The standard InChI is InChI=1S/C18H14Cl2FN3/c1-10-14(19)3-2-4-16(10)24-18-13(7-8-22-18)17(23-24)12-6-5-11(21)9-15(12)20/h2-6,9,22H,7-8H2,1H3. The third-order valence-electron chi connectivity index (χ3n) is 4.30. The Kier molecular flexibility index (Phi) is 3.74. The van der Waals surface area contributed by atoms with E-state index in [0.29, 0.717) is 10.0 Å². The predicted molar refractivity (Wildman–Crippen MR) is 95.9 cm³/mol. The molecule has 122 valence electrons. The smallest absolute Gasteiger partial charge is 0.133 e. The van der Waals surface area contributed by atoms with Gasteiger partial charge in [-0.1, -0.05) is 29.3 Å². The lowest BCUT2D eigenvalue weighted by atomic mass is 10.1. The Balaban J connectivity index is 1.94. The van der Waals surface area contributed by atoms with Crippen molar-refractivity contribution in [3.63, 3.8) is 0 Å². The van der Waals surface area contributed by atoms with Gasteiger partial charge in [-0.05, 0) is 49.2 Å². The van der Waals surface area contributed by atoms with Gasteiger partial charge in [0.1, 0.15) is 11.6 Å². The van der Waals surface area contributed by atoms with Crippen molar-refractivity contribution in [1.82, 2.24) is 9.78 Å². The highest BCUT2D eigenvalue weighted by Gasteiger charge is 2.25. The fraction of sp³-hybridized carbons (Fsp3) is 0.167. The Morgan fingerprint density at radius 2 is 2.00 bits per heavy atom. The molecule has 24 heavy (non-hydrogen) atoms. The SMILES string of the molecule is Cc1c(Cl)cccc1-n1nc(-c2ccc(F)cc2Cl)c2c1NCC2. The number of nitrogens with one attached hydrogen (secondary N) is 1. The molecule has 0 aliphatic carbocycles. The fourth-order valence-electron chi connectivity index (χ4n) is 3.07. The van der Waals surface area contributed by atoms with E-state index in [9.17, 15) is 4.39 Å². The number of hydrogen-bond acceptors (Lipinski definition) is 2. The van der Waals surface area contributed by atoms with E-state index < -0.39 is 0 Å². The number of aromatic nitrogens is 2. The molecule has 4 rings (SSSR count). The summed E-state index contributed by atoms with van der Waals surface area (Å²) in [6.45, 7) is 2.80. The molecule has 6 heteroatoms. The van der Waals surface area contributed by atoms with E-state index in [4.69, 9.17) is 28.3 Å². The monoisotopic (exact) mass is 361 g/mol. The minimum absolute atomic E-state index is 0.358. The first-order valence-corrected chi connectivity index (χ1v) is 8.38. The Labute approximate surface area is 149 Å². The van der Waals surface area contributed by atoms with Crippen molar-refractivity contribution in [2.45, 2.75) is 13.3 Å². The molecule has 0 fully saturated rings. The van der Waals surface area contributed by atoms with Crippen molar-refractivity contribution in [2.24, 2.45) is 0 Å². The van der Waals surface area contributed by atoms with E-state index in [1.54, 1.807) is 6.07 Å². The fourth-order valence-corrected chi connectivity index (χ4v) is 3.50. The van der Waals surface area contributed by atoms with Crippen molar-refractivity contribution in [3.8, 4) is 16.9 Å². The highest BCUT2D eigenvalue weighted by atomic mass is 35.5. The van der Waals surface area contributed by atoms with Crippen LogP contribution in [0.4, 0.5) is 10.2 Å². The van der Waals surface area contributed by atoms with Gasteiger partial charge in [0.05, 0.1) is 16.4 Å². The van der Waals surface area contributed by atoms with Gasteiger partial charge in [0.15, 0.2) is 0 Å². The summed E-state index contributed by atoms with van der Waals surface area (Å²) in [5.74, 6) is 0.583. The molecule has 0 saturated carbocycles. The number of fused-ring (bicyclic) bond motifs is 1. The lowest BCUT2D eigenvalue weighted by Crippen LogP contribution is -2.06. The first kappa shape index (κ1) is 15.5. The number of anilines is 1. The van der Waals surface area contributed by atoms with Crippen LogP contribution in [0.25, 0.3) is 16.9 Å². The van der Waals surface area contributed by atoms with Crippen molar-refractivity contribution >= 4 is 29.0 Å². The summed E-state index contributed by atoms with van der Waals surface area (Å²) in [6.07, 6.45) is 0.845. The molecule has 0 amide bonds. The van der Waals surface area contributed by atoms with Gasteiger partial charge in [-0.25, -0.2) is 9.07 Å². The molecule has 3 nitrogen and oxygen atoms in total. The maximum absolute atomic E-state index is 13.4. The molecule has 0 bridgehead atoms. The van der Waals surface area contributed by atoms with Gasteiger partial charge >= 0.3 is 0 Å². The van der Waals surface area contributed by atoms with Crippen LogP contribution in [0.1, 0.15) is 11.1 Å². The summed E-state index contributed by atoms with van der Waals surface area (Å²) in [4.78, 5) is 0. The Bertz CT molecular complexity index is 950. The Morgan fingerprint density at radius 1 is 1.17 bits per heavy atom. The number of hydrogen-bond donors (Lipinski definition) is 1. The molecule has 1 aliphatic rings. The van der Waals surface area contributed by atoms with Crippen molar-refractivity contribution in [3.05, 3.63) is 63.4 Å². The quantitative estimate of drug-likeness (QED) is 0.674. The summed E-state index contributed by atoms with van der Waals surface area (Å²) in [5.41, 5.74) is 4.46. The molecule has 1 aliphatic heterocycles. The summed E-state index contributed by atoms with van der Waals surface area (Å²) in [7, 11) is 0. The lowest BCUT2D eigenvalue weighted by molar-refractivity contribution is 0.628. The van der Waals surface area contributed by atoms with Gasteiger partial charge in [0.25, 0.3) is 0 Å². The highest BCUT2D eigenvalue weighted by molar-refractivity contribution is 6.33. The van der Waals surface area contributed by atoms with E-state index in [-0.39, 0.29) is 5.82 Å². The largest absolute Gasteiger partial charge is 0.369 e. The average Bonchev–Trinajstić information content (AvgIpc) is 3.13. The van der Waals surface area contributed by atoms with E-state index >= 15 is 0 Å². The van der Waals surface area contributed by atoms with Gasteiger partial charge < -0.3 is 5.32 Å². The maximum Gasteiger partial charge on any atom is 0.133 e. The van der Waals surface area contributed by atoms with E-state index in [1.807, 2.05) is 29.8 Å². The zero-order chi connectivity index (χ0) is 16.8. The van der Waals surface area contributed by atoms with E-state index in [1.165, 1.54) is 12.1 Å². The summed E-state index contributed by atoms with van der Waals surface area (Å²) in [6, 6.07) is 10.1. The minimum Gasteiger partial charge on any atom is -0.369 e. The zero-order valence-corrected chi connectivity index (χ0v) is 14.4. The highest BCUT2D eigenvalue weighted by Crippen LogP contribution is 2.38. The number of halogens is 3. The minimum atomic E-state index is -0.358. The molecule has 2 aromatic carbocycles. The van der Waals surface area contributed by atoms with Crippen LogP contribution in [-0.4, -0.2) is 16.3 Å². The molecule has 0 radical (unpaired) electrons. The molecular formula is C18H14Cl2FN3. The normalized spacial score (nSPS) is 13.0. The Morgan fingerprint density at radius 3 is 2.79 bits per heavy atom. The molecule has 2 heterocycles. The average molecular weight is 362 g/mol. The molecular weight excluding hydrogens is 348 g/mol. The number of benzene rings is 2.